The molecule has 0 saturated carbocycles. The van der Waals surface area contributed by atoms with Crippen molar-refractivity contribution in [3.8, 4) is 5.69 Å². The first-order chi connectivity index (χ1) is 12.5. The van der Waals surface area contributed by atoms with E-state index < -0.39 is 0 Å². The molecule has 26 heavy (non-hydrogen) atoms. The van der Waals surface area contributed by atoms with Crippen LogP contribution in [0.4, 0.5) is 11.4 Å². The van der Waals surface area contributed by atoms with Gasteiger partial charge in [-0.15, -0.1) is 0 Å². The minimum Gasteiger partial charge on any atom is -0.371 e. The van der Waals surface area contributed by atoms with Gasteiger partial charge in [-0.25, -0.2) is 4.68 Å². The zero-order valence-corrected chi connectivity index (χ0v) is 15.6. The SMILES string of the molecule is Cc1nn(-c2ccccc2)c(C)c1NC(C)C(=O)N(C)c1ccccc1. The van der Waals surface area contributed by atoms with E-state index in [1.165, 1.54) is 0 Å². The average molecular weight is 348 g/mol. The van der Waals surface area contributed by atoms with E-state index in [4.69, 9.17) is 0 Å². The molecular formula is C21H24N4O. The highest BCUT2D eigenvalue weighted by Gasteiger charge is 2.22. The van der Waals surface area contributed by atoms with Crippen LogP contribution in [0.5, 0.6) is 0 Å². The molecule has 0 spiro atoms. The number of amides is 1. The van der Waals surface area contributed by atoms with Gasteiger partial charge in [-0.2, -0.15) is 5.10 Å². The number of nitrogens with zero attached hydrogens (tertiary/aromatic N) is 3. The Morgan fingerprint density at radius 1 is 1.04 bits per heavy atom. The highest BCUT2D eigenvalue weighted by atomic mass is 16.2. The molecule has 5 heteroatoms. The zero-order chi connectivity index (χ0) is 18.7. The van der Waals surface area contributed by atoms with Gasteiger partial charge in [0.05, 0.1) is 22.8 Å². The Bertz CT molecular complexity index is 887. The van der Waals surface area contributed by atoms with Crippen LogP contribution in [0.1, 0.15) is 18.3 Å². The predicted octanol–water partition coefficient (Wildman–Crippen LogP) is 3.95. The van der Waals surface area contributed by atoms with Crippen LogP contribution in [0, 0.1) is 13.8 Å². The first-order valence-corrected chi connectivity index (χ1v) is 8.70. The summed E-state index contributed by atoms with van der Waals surface area (Å²) < 4.78 is 1.90. The van der Waals surface area contributed by atoms with E-state index in [1.807, 2.05) is 86.1 Å². The molecule has 1 N–H and O–H groups in total. The molecule has 1 amide bonds. The Balaban J connectivity index is 1.80. The van der Waals surface area contributed by atoms with Crippen molar-refractivity contribution in [2.75, 3.05) is 17.3 Å². The summed E-state index contributed by atoms with van der Waals surface area (Å²) in [7, 11) is 1.79. The van der Waals surface area contributed by atoms with E-state index in [-0.39, 0.29) is 11.9 Å². The Morgan fingerprint density at radius 3 is 2.23 bits per heavy atom. The van der Waals surface area contributed by atoms with Crippen molar-refractivity contribution in [2.24, 2.45) is 0 Å². The van der Waals surface area contributed by atoms with E-state index in [2.05, 4.69) is 10.4 Å². The molecule has 1 aromatic heterocycles. The van der Waals surface area contributed by atoms with Gasteiger partial charge >= 0.3 is 0 Å². The maximum Gasteiger partial charge on any atom is 0.248 e. The molecule has 0 aliphatic carbocycles. The normalized spacial score (nSPS) is 11.8. The fraction of sp³-hybridized carbons (Fsp3) is 0.238. The summed E-state index contributed by atoms with van der Waals surface area (Å²) >= 11 is 0. The van der Waals surface area contributed by atoms with Crippen molar-refractivity contribution >= 4 is 17.3 Å². The summed E-state index contributed by atoms with van der Waals surface area (Å²) in [5, 5.41) is 7.97. The molecule has 0 aliphatic heterocycles. The molecule has 1 atom stereocenters. The lowest BCUT2D eigenvalue weighted by Crippen LogP contribution is -2.39. The van der Waals surface area contributed by atoms with Gasteiger partial charge in [-0.05, 0) is 45.0 Å². The number of aromatic nitrogens is 2. The third-order valence-electron chi connectivity index (χ3n) is 4.50. The van der Waals surface area contributed by atoms with Gasteiger partial charge in [-0.3, -0.25) is 4.79 Å². The molecular weight excluding hydrogens is 324 g/mol. The van der Waals surface area contributed by atoms with E-state index in [0.717, 1.165) is 28.5 Å². The fourth-order valence-corrected chi connectivity index (χ4v) is 3.02. The monoisotopic (exact) mass is 348 g/mol. The molecule has 0 radical (unpaired) electrons. The number of carbonyl (C=O) groups excluding carboxylic acids is 1. The number of hydrogen-bond donors (Lipinski definition) is 1. The maximum absolute atomic E-state index is 12.8. The molecule has 5 nitrogen and oxygen atoms in total. The van der Waals surface area contributed by atoms with E-state index in [1.54, 1.807) is 11.9 Å². The van der Waals surface area contributed by atoms with Crippen LogP contribution in [0.15, 0.2) is 60.7 Å². The van der Waals surface area contributed by atoms with Crippen molar-refractivity contribution in [1.29, 1.82) is 0 Å². The van der Waals surface area contributed by atoms with Gasteiger partial charge < -0.3 is 10.2 Å². The first kappa shape index (κ1) is 17.7. The summed E-state index contributed by atoms with van der Waals surface area (Å²) in [6, 6.07) is 19.3. The van der Waals surface area contributed by atoms with E-state index in [9.17, 15) is 4.79 Å². The first-order valence-electron chi connectivity index (χ1n) is 8.70. The molecule has 134 valence electrons. The van der Waals surface area contributed by atoms with Gasteiger partial charge in [-0.1, -0.05) is 36.4 Å². The summed E-state index contributed by atoms with van der Waals surface area (Å²) in [6.45, 7) is 5.83. The number of anilines is 2. The van der Waals surface area contributed by atoms with Crippen molar-refractivity contribution in [3.63, 3.8) is 0 Å². The highest BCUT2D eigenvalue weighted by Crippen LogP contribution is 2.24. The topological polar surface area (TPSA) is 50.2 Å². The lowest BCUT2D eigenvalue weighted by atomic mass is 10.2. The van der Waals surface area contributed by atoms with Crippen LogP contribution in [0.2, 0.25) is 0 Å². The summed E-state index contributed by atoms with van der Waals surface area (Å²) in [5.74, 6) is 0.00228. The van der Waals surface area contributed by atoms with Gasteiger partial charge in [0.25, 0.3) is 0 Å². The second-order valence-electron chi connectivity index (χ2n) is 6.39. The van der Waals surface area contributed by atoms with Crippen LogP contribution < -0.4 is 10.2 Å². The summed E-state index contributed by atoms with van der Waals surface area (Å²) in [6.07, 6.45) is 0. The number of benzene rings is 2. The Morgan fingerprint density at radius 2 is 1.62 bits per heavy atom. The fourth-order valence-electron chi connectivity index (χ4n) is 3.02. The number of rotatable bonds is 5. The summed E-state index contributed by atoms with van der Waals surface area (Å²) in [4.78, 5) is 14.5. The molecule has 0 saturated heterocycles. The van der Waals surface area contributed by atoms with Crippen LogP contribution >= 0.6 is 0 Å². The van der Waals surface area contributed by atoms with Crippen molar-refractivity contribution < 1.29 is 4.79 Å². The smallest absolute Gasteiger partial charge is 0.248 e. The van der Waals surface area contributed by atoms with Crippen LogP contribution in [0.25, 0.3) is 5.69 Å². The Kier molecular flexibility index (Phi) is 5.07. The maximum atomic E-state index is 12.8. The molecule has 1 unspecified atom stereocenters. The molecule has 0 bridgehead atoms. The molecule has 3 rings (SSSR count). The average Bonchev–Trinajstić information content (AvgIpc) is 2.96. The number of likely N-dealkylation sites (N-methyl/N-ethyl adjacent to an activating group) is 1. The molecule has 0 fully saturated rings. The van der Waals surface area contributed by atoms with Gasteiger partial charge in [0, 0.05) is 12.7 Å². The predicted molar refractivity (Wildman–Crippen MR) is 106 cm³/mol. The van der Waals surface area contributed by atoms with Crippen molar-refractivity contribution in [1.82, 2.24) is 9.78 Å². The highest BCUT2D eigenvalue weighted by molar-refractivity contribution is 5.98. The molecule has 3 aromatic rings. The molecule has 0 aliphatic rings. The number of nitrogens with one attached hydrogen (secondary N) is 1. The minimum absolute atomic E-state index is 0.00228. The van der Waals surface area contributed by atoms with Gasteiger partial charge in [0.2, 0.25) is 5.91 Å². The van der Waals surface area contributed by atoms with Crippen molar-refractivity contribution in [2.45, 2.75) is 26.8 Å². The Hall–Kier alpha value is -3.08. The number of aryl methyl sites for hydroxylation is 1. The third-order valence-corrected chi connectivity index (χ3v) is 4.50. The molecule has 1 heterocycles. The van der Waals surface area contributed by atoms with Gasteiger partial charge in [0.15, 0.2) is 0 Å². The van der Waals surface area contributed by atoms with Crippen LogP contribution in [-0.4, -0.2) is 28.8 Å². The lowest BCUT2D eigenvalue weighted by molar-refractivity contribution is -0.118. The van der Waals surface area contributed by atoms with E-state index >= 15 is 0 Å². The molecule has 2 aromatic carbocycles. The van der Waals surface area contributed by atoms with Crippen molar-refractivity contribution in [3.05, 3.63) is 72.1 Å². The van der Waals surface area contributed by atoms with Crippen LogP contribution in [0.3, 0.4) is 0 Å². The third kappa shape index (κ3) is 3.47. The van der Waals surface area contributed by atoms with Gasteiger partial charge in [0.1, 0.15) is 6.04 Å². The second-order valence-corrected chi connectivity index (χ2v) is 6.39. The number of carbonyl (C=O) groups is 1. The number of para-hydroxylation sites is 2. The number of hydrogen-bond acceptors (Lipinski definition) is 3. The Labute approximate surface area is 154 Å². The quantitative estimate of drug-likeness (QED) is 0.759. The van der Waals surface area contributed by atoms with Crippen LogP contribution in [-0.2, 0) is 4.79 Å². The largest absolute Gasteiger partial charge is 0.371 e. The lowest BCUT2D eigenvalue weighted by Gasteiger charge is -2.23. The summed E-state index contributed by atoms with van der Waals surface area (Å²) in [5.41, 5.74) is 4.63. The second kappa shape index (κ2) is 7.44. The van der Waals surface area contributed by atoms with E-state index in [0.29, 0.717) is 0 Å². The minimum atomic E-state index is -0.369. The standard InChI is InChI=1S/C21H24N4O/c1-15-20(17(3)25(23-15)19-13-9-6-10-14-19)22-16(2)21(26)24(4)18-11-7-5-8-12-18/h5-14,16,22H,1-4H3. The zero-order valence-electron chi connectivity index (χ0n) is 15.6.